The molecule has 8 nitrogen and oxygen atoms in total. The molecule has 0 bridgehead atoms. The Morgan fingerprint density at radius 3 is 2.81 bits per heavy atom. The van der Waals surface area contributed by atoms with Crippen molar-refractivity contribution in [2.24, 2.45) is 0 Å². The van der Waals surface area contributed by atoms with Crippen molar-refractivity contribution >= 4 is 27.5 Å². The largest absolute Gasteiger partial charge is 0.341 e. The lowest BCUT2D eigenvalue weighted by Crippen LogP contribution is -2.38. The molecule has 0 aromatic carbocycles. The number of fused-ring (bicyclic) bond motifs is 2. The molecule has 1 aliphatic rings. The zero-order valence-electron chi connectivity index (χ0n) is 14.2. The van der Waals surface area contributed by atoms with Crippen molar-refractivity contribution in [1.82, 2.24) is 34.0 Å². The Bertz CT molecular complexity index is 1150. The molecule has 5 heterocycles. The Morgan fingerprint density at radius 1 is 1.11 bits per heavy atom. The Balaban J connectivity index is 1.42. The molecule has 5 rings (SSSR count). The van der Waals surface area contributed by atoms with E-state index in [9.17, 15) is 4.79 Å². The van der Waals surface area contributed by atoms with Gasteiger partial charge in [-0.25, -0.2) is 19.5 Å². The summed E-state index contributed by atoms with van der Waals surface area (Å²) >= 11 is 3.36. The average Bonchev–Trinajstić information content (AvgIpc) is 3.31. The number of hydrogen-bond donors (Lipinski definition) is 0. The van der Waals surface area contributed by atoms with E-state index in [2.05, 4.69) is 40.5 Å². The van der Waals surface area contributed by atoms with Crippen molar-refractivity contribution < 1.29 is 4.79 Å². The fourth-order valence-corrected chi connectivity index (χ4v) is 3.68. The van der Waals surface area contributed by atoms with Crippen LogP contribution in [0.1, 0.15) is 16.2 Å². The van der Waals surface area contributed by atoms with Gasteiger partial charge in [0, 0.05) is 55.2 Å². The standard InChI is InChI=1S/C18H14BrN7O/c19-13-8-22-17-5-15(23-26(17)9-13)18(27)24-3-4-25-14(10-24)1-2-16(25)12-6-20-11-21-7-12/h1-2,5-9,11H,3-4,10H2. The molecule has 0 radical (unpaired) electrons. The summed E-state index contributed by atoms with van der Waals surface area (Å²) in [6, 6.07) is 5.81. The lowest BCUT2D eigenvalue weighted by atomic mass is 10.2. The molecule has 0 saturated heterocycles. The van der Waals surface area contributed by atoms with Gasteiger partial charge in [0.25, 0.3) is 5.91 Å². The van der Waals surface area contributed by atoms with Crippen molar-refractivity contribution in [3.8, 4) is 11.3 Å². The van der Waals surface area contributed by atoms with Gasteiger partial charge in [0.05, 0.1) is 16.7 Å². The van der Waals surface area contributed by atoms with E-state index in [1.54, 1.807) is 35.4 Å². The van der Waals surface area contributed by atoms with Crippen LogP contribution in [0, 0.1) is 0 Å². The molecule has 0 aliphatic carbocycles. The molecule has 0 unspecified atom stereocenters. The summed E-state index contributed by atoms with van der Waals surface area (Å²) in [6.45, 7) is 1.87. The van der Waals surface area contributed by atoms with Gasteiger partial charge in [-0.05, 0) is 28.1 Å². The maximum atomic E-state index is 12.9. The molecule has 0 spiro atoms. The van der Waals surface area contributed by atoms with Gasteiger partial charge in [-0.1, -0.05) is 0 Å². The molecule has 4 aromatic rings. The van der Waals surface area contributed by atoms with Gasteiger partial charge in [-0.3, -0.25) is 4.79 Å². The molecular formula is C18H14BrN7O. The van der Waals surface area contributed by atoms with Gasteiger partial charge < -0.3 is 9.47 Å². The zero-order chi connectivity index (χ0) is 18.4. The predicted molar refractivity (Wildman–Crippen MR) is 101 cm³/mol. The lowest BCUT2D eigenvalue weighted by Gasteiger charge is -2.29. The fraction of sp³-hybridized carbons (Fsp3) is 0.167. The number of hydrogen-bond acceptors (Lipinski definition) is 5. The van der Waals surface area contributed by atoms with Crippen LogP contribution < -0.4 is 0 Å². The van der Waals surface area contributed by atoms with Crippen LogP contribution in [0.25, 0.3) is 16.9 Å². The Morgan fingerprint density at radius 2 is 1.96 bits per heavy atom. The van der Waals surface area contributed by atoms with Gasteiger partial charge in [-0.2, -0.15) is 5.10 Å². The summed E-state index contributed by atoms with van der Waals surface area (Å²) in [5, 5.41) is 4.37. The molecule has 0 N–H and O–H groups in total. The minimum Gasteiger partial charge on any atom is -0.341 e. The third-order valence-electron chi connectivity index (χ3n) is 4.66. The molecular weight excluding hydrogens is 410 g/mol. The number of carbonyl (C=O) groups excluding carboxylic acids is 1. The second-order valence-electron chi connectivity index (χ2n) is 6.32. The van der Waals surface area contributed by atoms with Gasteiger partial charge in [-0.15, -0.1) is 0 Å². The van der Waals surface area contributed by atoms with Crippen LogP contribution in [0.4, 0.5) is 0 Å². The van der Waals surface area contributed by atoms with E-state index in [0.29, 0.717) is 24.4 Å². The first-order valence-electron chi connectivity index (χ1n) is 8.43. The summed E-state index contributed by atoms with van der Waals surface area (Å²) < 4.78 is 4.63. The van der Waals surface area contributed by atoms with E-state index >= 15 is 0 Å². The Hall–Kier alpha value is -3.07. The number of halogens is 1. The van der Waals surface area contributed by atoms with Crippen molar-refractivity contribution in [2.45, 2.75) is 13.1 Å². The van der Waals surface area contributed by atoms with E-state index in [1.807, 2.05) is 17.0 Å². The lowest BCUT2D eigenvalue weighted by molar-refractivity contribution is 0.0705. The highest BCUT2D eigenvalue weighted by Gasteiger charge is 2.25. The summed E-state index contributed by atoms with van der Waals surface area (Å²) in [5.41, 5.74) is 4.17. The summed E-state index contributed by atoms with van der Waals surface area (Å²) in [7, 11) is 0. The first-order valence-corrected chi connectivity index (χ1v) is 9.22. The topological polar surface area (TPSA) is 81.2 Å². The summed E-state index contributed by atoms with van der Waals surface area (Å²) in [6.07, 6.45) is 8.60. The minimum absolute atomic E-state index is 0.0892. The molecule has 0 fully saturated rings. The summed E-state index contributed by atoms with van der Waals surface area (Å²) in [4.78, 5) is 27.2. The molecule has 4 aromatic heterocycles. The van der Waals surface area contributed by atoms with Crippen LogP contribution >= 0.6 is 15.9 Å². The number of rotatable bonds is 2. The highest BCUT2D eigenvalue weighted by atomic mass is 79.9. The van der Waals surface area contributed by atoms with Crippen molar-refractivity contribution in [2.75, 3.05) is 6.54 Å². The number of aromatic nitrogens is 6. The first-order chi connectivity index (χ1) is 13.2. The first kappa shape index (κ1) is 16.1. The molecule has 1 aliphatic heterocycles. The molecule has 9 heteroatoms. The third-order valence-corrected chi connectivity index (χ3v) is 5.07. The number of nitrogens with zero attached hydrogens (tertiary/aromatic N) is 7. The monoisotopic (exact) mass is 423 g/mol. The summed E-state index contributed by atoms with van der Waals surface area (Å²) in [5.74, 6) is -0.0892. The average molecular weight is 424 g/mol. The van der Waals surface area contributed by atoms with Crippen LogP contribution in [0.3, 0.4) is 0 Å². The highest BCUT2D eigenvalue weighted by Crippen LogP contribution is 2.25. The second-order valence-corrected chi connectivity index (χ2v) is 7.24. The molecule has 0 saturated carbocycles. The molecule has 1 amide bonds. The SMILES string of the molecule is O=C(c1cc2ncc(Br)cn2n1)N1CCn2c(ccc2-c2cncnc2)C1. The van der Waals surface area contributed by atoms with E-state index in [1.165, 1.54) is 6.33 Å². The highest BCUT2D eigenvalue weighted by molar-refractivity contribution is 9.10. The third kappa shape index (κ3) is 2.80. The minimum atomic E-state index is -0.0892. The van der Waals surface area contributed by atoms with Gasteiger partial charge in [0.2, 0.25) is 0 Å². The van der Waals surface area contributed by atoms with E-state index in [-0.39, 0.29) is 5.91 Å². The van der Waals surface area contributed by atoms with E-state index < -0.39 is 0 Å². The van der Waals surface area contributed by atoms with Crippen LogP contribution in [-0.2, 0) is 13.1 Å². The van der Waals surface area contributed by atoms with E-state index in [4.69, 9.17) is 0 Å². The zero-order valence-corrected chi connectivity index (χ0v) is 15.7. The maximum Gasteiger partial charge on any atom is 0.274 e. The van der Waals surface area contributed by atoms with Crippen LogP contribution in [0.15, 0.2) is 53.8 Å². The Labute approximate surface area is 162 Å². The van der Waals surface area contributed by atoms with Gasteiger partial charge in [0.15, 0.2) is 11.3 Å². The Kier molecular flexibility index (Phi) is 3.75. The predicted octanol–water partition coefficient (Wildman–Crippen LogP) is 2.41. The van der Waals surface area contributed by atoms with Crippen molar-refractivity contribution in [1.29, 1.82) is 0 Å². The maximum absolute atomic E-state index is 12.9. The number of carbonyl (C=O) groups is 1. The molecule has 27 heavy (non-hydrogen) atoms. The van der Waals surface area contributed by atoms with Crippen molar-refractivity contribution in [3.05, 3.63) is 65.2 Å². The van der Waals surface area contributed by atoms with Crippen molar-refractivity contribution in [3.63, 3.8) is 0 Å². The number of amides is 1. The molecule has 134 valence electrons. The van der Waals surface area contributed by atoms with Crippen LogP contribution in [0.2, 0.25) is 0 Å². The molecule has 0 atom stereocenters. The second kappa shape index (κ2) is 6.27. The quantitative estimate of drug-likeness (QED) is 0.494. The smallest absolute Gasteiger partial charge is 0.274 e. The fourth-order valence-electron chi connectivity index (χ4n) is 3.38. The van der Waals surface area contributed by atoms with Crippen LogP contribution in [0.5, 0.6) is 0 Å². The normalized spacial score (nSPS) is 13.7. The van der Waals surface area contributed by atoms with Gasteiger partial charge in [0.1, 0.15) is 6.33 Å². The van der Waals surface area contributed by atoms with E-state index in [0.717, 1.165) is 28.0 Å². The van der Waals surface area contributed by atoms with Crippen LogP contribution in [-0.4, -0.2) is 46.5 Å². The van der Waals surface area contributed by atoms with Gasteiger partial charge >= 0.3 is 0 Å².